The number of Topliss-reactive ketones (excluding diaryl/α,β-unsaturated/α-hetero) is 2. The van der Waals surface area contributed by atoms with Crippen molar-refractivity contribution in [3.05, 3.63) is 0 Å². The van der Waals surface area contributed by atoms with E-state index < -0.39 is 33.1 Å². The van der Waals surface area contributed by atoms with Gasteiger partial charge in [0.1, 0.15) is 0 Å². The van der Waals surface area contributed by atoms with Gasteiger partial charge in [0.15, 0.2) is 0 Å². The Bertz CT molecular complexity index is 497. The van der Waals surface area contributed by atoms with Gasteiger partial charge in [-0.05, 0) is 0 Å². The summed E-state index contributed by atoms with van der Waals surface area (Å²) in [6, 6.07) is 0. The average molecular weight is 496 g/mol. The second-order valence-electron chi connectivity index (χ2n) is 7.47. The fraction of sp³-hybridized carbons (Fsp3) is 0.800. The molecular weight excluding hydrogens is 459 g/mol. The molecule has 168 valence electrons. The maximum absolute atomic E-state index is 12.5. The molecule has 9 heteroatoms. The third kappa shape index (κ3) is 13.8. The van der Waals surface area contributed by atoms with Gasteiger partial charge in [-0.15, -0.1) is 0 Å². The molecule has 0 rings (SSSR count). The Morgan fingerprint density at radius 2 is 1.03 bits per heavy atom. The van der Waals surface area contributed by atoms with E-state index in [-0.39, 0.29) is 58.1 Å². The molecule has 0 N–H and O–H groups in total. The van der Waals surface area contributed by atoms with Crippen molar-refractivity contribution >= 4 is 23.5 Å². The van der Waals surface area contributed by atoms with Gasteiger partial charge < -0.3 is 0 Å². The van der Waals surface area contributed by atoms with Crippen LogP contribution in [0.25, 0.3) is 0 Å². The van der Waals surface area contributed by atoms with Crippen LogP contribution < -0.4 is 0 Å². The van der Waals surface area contributed by atoms with Crippen LogP contribution in [0.5, 0.6) is 0 Å². The molecule has 0 amide bonds. The Labute approximate surface area is 179 Å². The van der Waals surface area contributed by atoms with Crippen molar-refractivity contribution in [1.29, 1.82) is 0 Å². The molecule has 0 aliphatic heterocycles. The van der Waals surface area contributed by atoms with Crippen molar-refractivity contribution in [2.24, 2.45) is 0 Å². The van der Waals surface area contributed by atoms with Gasteiger partial charge in [0.25, 0.3) is 0 Å². The average Bonchev–Trinajstić information content (AvgIpc) is 2.55. The topological polar surface area (TPSA) is 105 Å². The zero-order chi connectivity index (χ0) is 22.4. The minimum absolute atomic E-state index is 0.0952. The summed E-state index contributed by atoms with van der Waals surface area (Å²) in [5.41, 5.74) is 0. The molecule has 0 aromatic carbocycles. The summed E-state index contributed by atoms with van der Waals surface area (Å²) in [4.78, 5) is 48.6. The molecule has 29 heavy (non-hydrogen) atoms. The van der Waals surface area contributed by atoms with Crippen LogP contribution in [0.1, 0.15) is 67.2 Å². The molecule has 0 radical (unpaired) electrons. The molecule has 0 bridgehead atoms. The Balaban J connectivity index is 5.30. The van der Waals surface area contributed by atoms with Gasteiger partial charge in [-0.2, -0.15) is 0 Å². The number of esters is 2. The summed E-state index contributed by atoms with van der Waals surface area (Å²) in [5, 5.41) is 0. The molecule has 0 heterocycles. The van der Waals surface area contributed by atoms with Crippen LogP contribution in [-0.4, -0.2) is 48.9 Å². The molecule has 0 aromatic rings. The van der Waals surface area contributed by atoms with Crippen molar-refractivity contribution in [2.45, 2.75) is 87.7 Å². The van der Waals surface area contributed by atoms with Gasteiger partial charge in [-0.3, -0.25) is 0 Å². The zero-order valence-corrected chi connectivity index (χ0v) is 21.0. The summed E-state index contributed by atoms with van der Waals surface area (Å²) in [6.45, 7) is 11.4. The van der Waals surface area contributed by atoms with E-state index in [2.05, 4.69) is 0 Å². The second kappa shape index (κ2) is 15.0. The normalized spacial score (nSPS) is 11.6. The Hall–Kier alpha value is -0.917. The number of rotatable bonds is 16. The molecule has 0 spiro atoms. The summed E-state index contributed by atoms with van der Waals surface area (Å²) in [5.74, 6) is -1.93. The van der Waals surface area contributed by atoms with E-state index in [1.54, 1.807) is 27.7 Å². The second-order valence-corrected chi connectivity index (χ2v) is 14.8. The van der Waals surface area contributed by atoms with Crippen molar-refractivity contribution in [3.8, 4) is 0 Å². The summed E-state index contributed by atoms with van der Waals surface area (Å²) in [7, 11) is 0. The van der Waals surface area contributed by atoms with Crippen molar-refractivity contribution in [3.63, 3.8) is 0 Å². The van der Waals surface area contributed by atoms with Gasteiger partial charge >= 0.3 is 180 Å². The summed E-state index contributed by atoms with van der Waals surface area (Å²) < 4.78 is 21.9. The molecule has 0 aliphatic carbocycles. The van der Waals surface area contributed by atoms with E-state index in [0.29, 0.717) is 12.8 Å². The first-order valence-corrected chi connectivity index (χ1v) is 15.7. The van der Waals surface area contributed by atoms with E-state index in [1.807, 2.05) is 13.8 Å². The van der Waals surface area contributed by atoms with Gasteiger partial charge in [0.2, 0.25) is 0 Å². The quantitative estimate of drug-likeness (QED) is 0.237. The van der Waals surface area contributed by atoms with E-state index in [0.717, 1.165) is 0 Å². The van der Waals surface area contributed by atoms with Gasteiger partial charge in [0, 0.05) is 0 Å². The fourth-order valence-electron chi connectivity index (χ4n) is 2.70. The monoisotopic (exact) mass is 494 g/mol. The molecule has 0 saturated heterocycles. The van der Waals surface area contributed by atoms with Gasteiger partial charge in [-0.25, -0.2) is 0 Å². The Morgan fingerprint density at radius 3 is 1.31 bits per heavy atom. The van der Waals surface area contributed by atoms with Crippen molar-refractivity contribution in [1.82, 2.24) is 0 Å². The number of hydrogen-bond acceptors (Lipinski definition) is 8. The molecular formula is C20H36O8Zr. The SMILES string of the molecule is CCCOC(=O)CC(=O)[CH2][Zr]([CH2]C(=O)CC(=O)OCCC)([O]C(C)C)[O]C(C)C. The van der Waals surface area contributed by atoms with Crippen LogP contribution in [0.4, 0.5) is 0 Å². The van der Waals surface area contributed by atoms with Crippen molar-refractivity contribution < 1.29 is 55.4 Å². The number of hydrogen-bond donors (Lipinski definition) is 0. The van der Waals surface area contributed by atoms with Gasteiger partial charge in [-0.1, -0.05) is 0 Å². The Kier molecular flexibility index (Phi) is 14.5. The molecule has 8 nitrogen and oxygen atoms in total. The van der Waals surface area contributed by atoms with Crippen LogP contribution in [0.2, 0.25) is 8.26 Å². The first-order valence-electron chi connectivity index (χ1n) is 10.2. The fourth-order valence-corrected chi connectivity index (χ4v) is 11.8. The Morgan fingerprint density at radius 1 is 0.690 bits per heavy atom. The van der Waals surface area contributed by atoms with Crippen LogP contribution in [0.3, 0.4) is 0 Å². The van der Waals surface area contributed by atoms with Crippen LogP contribution in [0, 0.1) is 0 Å². The number of ketones is 2. The maximum atomic E-state index is 12.5. The minimum atomic E-state index is -4.28. The number of ether oxygens (including phenoxy) is 2. The zero-order valence-electron chi connectivity index (χ0n) is 18.6. The van der Waals surface area contributed by atoms with E-state index in [1.165, 1.54) is 0 Å². The van der Waals surface area contributed by atoms with Crippen molar-refractivity contribution in [2.75, 3.05) is 13.2 Å². The number of carbonyl (C=O) groups is 4. The van der Waals surface area contributed by atoms with E-state index >= 15 is 0 Å². The molecule has 0 saturated carbocycles. The van der Waals surface area contributed by atoms with Crippen LogP contribution in [0.15, 0.2) is 0 Å². The predicted octanol–water partition coefficient (Wildman–Crippen LogP) is 3.48. The predicted molar refractivity (Wildman–Crippen MR) is 104 cm³/mol. The van der Waals surface area contributed by atoms with Crippen LogP contribution in [-0.2, 0) is 55.4 Å². The standard InChI is InChI=1S/2C7H11O3.2C3H7O.Zr/c2*1-3-4-10-7(9)5-6(2)8;2*1-3(2)4;/h2*2-5H2,1H3;2*3H,1-2H3;/q;;2*-1;+2. The van der Waals surface area contributed by atoms with Crippen LogP contribution >= 0.6 is 0 Å². The van der Waals surface area contributed by atoms with Gasteiger partial charge in [0.05, 0.1) is 0 Å². The summed E-state index contributed by atoms with van der Waals surface area (Å²) >= 11 is -4.28. The number of carbonyl (C=O) groups excluding carboxylic acids is 4. The molecule has 0 aliphatic rings. The molecule has 0 fully saturated rings. The summed E-state index contributed by atoms with van der Waals surface area (Å²) in [6.07, 6.45) is 0.0494. The third-order valence-electron chi connectivity index (χ3n) is 3.45. The third-order valence-corrected chi connectivity index (χ3v) is 12.5. The molecule has 0 atom stereocenters. The first-order chi connectivity index (χ1) is 13.5. The van der Waals surface area contributed by atoms with E-state index in [4.69, 9.17) is 15.1 Å². The molecule has 0 aromatic heterocycles. The first kappa shape index (κ1) is 28.1. The van der Waals surface area contributed by atoms with E-state index in [9.17, 15) is 19.2 Å². The molecule has 0 unspecified atom stereocenters.